The van der Waals surface area contributed by atoms with Crippen molar-refractivity contribution >= 4 is 35.3 Å². The third-order valence-electron chi connectivity index (χ3n) is 4.38. The molecule has 0 aliphatic carbocycles. The average molecular weight is 469 g/mol. The third-order valence-corrected chi connectivity index (χ3v) is 4.38. The molecule has 0 bridgehead atoms. The van der Waals surface area contributed by atoms with E-state index >= 15 is 0 Å². The van der Waals surface area contributed by atoms with Gasteiger partial charge in [-0.3, -0.25) is 30.0 Å². The number of rotatable bonds is 11. The monoisotopic (exact) mass is 469 g/mol. The van der Waals surface area contributed by atoms with E-state index in [1.165, 1.54) is 6.07 Å². The van der Waals surface area contributed by atoms with E-state index < -0.39 is 36.3 Å². The largest absolute Gasteiger partial charge is 0.462 e. The van der Waals surface area contributed by atoms with E-state index in [2.05, 4.69) is 16.2 Å². The Morgan fingerprint density at radius 2 is 1.53 bits per heavy atom. The molecule has 0 spiro atoms. The fourth-order valence-electron chi connectivity index (χ4n) is 2.60. The number of ether oxygens (including phenoxy) is 2. The first kappa shape index (κ1) is 26.0. The van der Waals surface area contributed by atoms with Gasteiger partial charge in [0.1, 0.15) is 0 Å². The summed E-state index contributed by atoms with van der Waals surface area (Å²) in [5.74, 6) is -2.95. The molecule has 0 aromatic heterocycles. The molecule has 2 aromatic rings. The van der Waals surface area contributed by atoms with Crippen molar-refractivity contribution in [3.63, 3.8) is 0 Å². The van der Waals surface area contributed by atoms with E-state index in [1.807, 2.05) is 6.92 Å². The van der Waals surface area contributed by atoms with E-state index in [4.69, 9.17) is 9.47 Å². The number of amides is 3. The predicted molar refractivity (Wildman–Crippen MR) is 123 cm³/mol. The molecule has 10 heteroatoms. The van der Waals surface area contributed by atoms with Gasteiger partial charge in [-0.1, -0.05) is 37.6 Å². The molecule has 0 radical (unpaired) electrons. The van der Waals surface area contributed by atoms with E-state index in [0.29, 0.717) is 23.4 Å². The van der Waals surface area contributed by atoms with Gasteiger partial charge in [0.25, 0.3) is 11.8 Å². The molecule has 0 heterocycles. The topological polar surface area (TPSA) is 140 Å². The van der Waals surface area contributed by atoms with Gasteiger partial charge in [0.2, 0.25) is 5.91 Å². The molecule has 0 saturated heterocycles. The Morgan fingerprint density at radius 3 is 2.26 bits per heavy atom. The number of hydrogen-bond donors (Lipinski definition) is 3. The molecule has 34 heavy (non-hydrogen) atoms. The summed E-state index contributed by atoms with van der Waals surface area (Å²) in [7, 11) is 0. The standard InChI is InChI=1S/C24H27N3O7/c1-2-3-14-33-24(32)18-10-7-11-19(15-18)25-20(28)12-13-22(30)34-16-21(29)26-27-23(31)17-8-5-4-6-9-17/h4-11,15H,2-3,12-14,16H2,1H3,(H,25,28)(H,26,29)(H,27,31). The lowest BCUT2D eigenvalue weighted by Crippen LogP contribution is -2.43. The number of unbranched alkanes of at least 4 members (excludes halogenated alkanes) is 1. The molecule has 180 valence electrons. The number of anilines is 1. The minimum atomic E-state index is -0.757. The van der Waals surface area contributed by atoms with Crippen molar-refractivity contribution in [1.82, 2.24) is 10.9 Å². The Kier molecular flexibility index (Phi) is 10.8. The van der Waals surface area contributed by atoms with Crippen LogP contribution in [0.2, 0.25) is 0 Å². The third kappa shape index (κ3) is 9.51. The van der Waals surface area contributed by atoms with E-state index in [-0.39, 0.29) is 12.8 Å². The van der Waals surface area contributed by atoms with E-state index in [9.17, 15) is 24.0 Å². The minimum Gasteiger partial charge on any atom is -0.462 e. The summed E-state index contributed by atoms with van der Waals surface area (Å²) in [5.41, 5.74) is 5.37. The van der Waals surface area contributed by atoms with Crippen LogP contribution in [-0.2, 0) is 23.9 Å². The van der Waals surface area contributed by atoms with Gasteiger partial charge >= 0.3 is 11.9 Å². The fourth-order valence-corrected chi connectivity index (χ4v) is 2.60. The Labute approximate surface area is 197 Å². The van der Waals surface area contributed by atoms with Gasteiger partial charge in [-0.25, -0.2) is 4.79 Å². The Bertz CT molecular complexity index is 1010. The van der Waals surface area contributed by atoms with Crippen molar-refractivity contribution < 1.29 is 33.4 Å². The molecular formula is C24H27N3O7. The van der Waals surface area contributed by atoms with Crippen molar-refractivity contribution in [3.8, 4) is 0 Å². The zero-order valence-corrected chi connectivity index (χ0v) is 18.8. The van der Waals surface area contributed by atoms with Crippen molar-refractivity contribution in [2.45, 2.75) is 32.6 Å². The van der Waals surface area contributed by atoms with Crippen LogP contribution in [0, 0.1) is 0 Å². The molecule has 3 N–H and O–H groups in total. The highest BCUT2D eigenvalue weighted by Crippen LogP contribution is 2.13. The lowest BCUT2D eigenvalue weighted by atomic mass is 10.2. The SMILES string of the molecule is CCCCOC(=O)c1cccc(NC(=O)CCC(=O)OCC(=O)NNC(=O)c2ccccc2)c1. The molecule has 10 nitrogen and oxygen atoms in total. The second kappa shape index (κ2) is 14.0. The summed E-state index contributed by atoms with van der Waals surface area (Å²) in [6.07, 6.45) is 1.23. The summed E-state index contributed by atoms with van der Waals surface area (Å²) >= 11 is 0. The highest BCUT2D eigenvalue weighted by Gasteiger charge is 2.13. The fraction of sp³-hybridized carbons (Fsp3) is 0.292. The summed E-state index contributed by atoms with van der Waals surface area (Å²) in [6, 6.07) is 14.5. The maximum Gasteiger partial charge on any atom is 0.338 e. The second-order valence-electron chi connectivity index (χ2n) is 7.15. The number of hydrazine groups is 1. The van der Waals surface area contributed by atoms with Crippen molar-refractivity contribution in [3.05, 3.63) is 65.7 Å². The van der Waals surface area contributed by atoms with Crippen LogP contribution in [-0.4, -0.2) is 42.9 Å². The van der Waals surface area contributed by atoms with Gasteiger partial charge in [-0.15, -0.1) is 0 Å². The summed E-state index contributed by atoms with van der Waals surface area (Å²) in [4.78, 5) is 59.4. The maximum atomic E-state index is 12.1. The minimum absolute atomic E-state index is 0.184. The summed E-state index contributed by atoms with van der Waals surface area (Å²) in [5, 5.41) is 2.59. The van der Waals surface area contributed by atoms with Crippen LogP contribution in [0.5, 0.6) is 0 Å². The molecule has 0 unspecified atom stereocenters. The highest BCUT2D eigenvalue weighted by atomic mass is 16.5. The van der Waals surface area contributed by atoms with Gasteiger partial charge in [-0.05, 0) is 36.8 Å². The molecular weight excluding hydrogens is 442 g/mol. The zero-order valence-electron chi connectivity index (χ0n) is 18.8. The van der Waals surface area contributed by atoms with Gasteiger partial charge in [0.15, 0.2) is 6.61 Å². The lowest BCUT2D eigenvalue weighted by Gasteiger charge is -2.09. The lowest BCUT2D eigenvalue weighted by molar-refractivity contribution is -0.149. The molecule has 0 aliphatic heterocycles. The molecule has 0 atom stereocenters. The zero-order chi connectivity index (χ0) is 24.8. The first-order valence-corrected chi connectivity index (χ1v) is 10.8. The molecule has 2 rings (SSSR count). The summed E-state index contributed by atoms with van der Waals surface area (Å²) < 4.78 is 9.93. The maximum absolute atomic E-state index is 12.1. The molecule has 0 fully saturated rings. The van der Waals surface area contributed by atoms with E-state index in [1.54, 1.807) is 48.5 Å². The highest BCUT2D eigenvalue weighted by molar-refractivity contribution is 5.96. The number of nitrogens with one attached hydrogen (secondary N) is 3. The Balaban J connectivity index is 1.67. The number of carbonyl (C=O) groups is 5. The Hall–Kier alpha value is -4.21. The smallest absolute Gasteiger partial charge is 0.338 e. The number of hydrogen-bond acceptors (Lipinski definition) is 7. The number of benzene rings is 2. The molecule has 2 aromatic carbocycles. The Morgan fingerprint density at radius 1 is 0.794 bits per heavy atom. The van der Waals surface area contributed by atoms with Gasteiger partial charge < -0.3 is 14.8 Å². The second-order valence-corrected chi connectivity index (χ2v) is 7.15. The van der Waals surface area contributed by atoms with Gasteiger partial charge in [0, 0.05) is 17.7 Å². The van der Waals surface area contributed by atoms with Crippen molar-refractivity contribution in [2.24, 2.45) is 0 Å². The number of esters is 2. The summed E-state index contributed by atoms with van der Waals surface area (Å²) in [6.45, 7) is 1.70. The first-order valence-electron chi connectivity index (χ1n) is 10.8. The predicted octanol–water partition coefficient (Wildman–Crippen LogP) is 2.37. The molecule has 0 aliphatic rings. The van der Waals surface area contributed by atoms with Crippen LogP contribution in [0.15, 0.2) is 54.6 Å². The quantitative estimate of drug-likeness (QED) is 0.261. The van der Waals surface area contributed by atoms with Crippen LogP contribution in [0.4, 0.5) is 5.69 Å². The van der Waals surface area contributed by atoms with Gasteiger partial charge in [0.05, 0.1) is 18.6 Å². The van der Waals surface area contributed by atoms with Crippen LogP contribution in [0.1, 0.15) is 53.3 Å². The molecule has 0 saturated carbocycles. The van der Waals surface area contributed by atoms with Crippen LogP contribution >= 0.6 is 0 Å². The number of carbonyl (C=O) groups excluding carboxylic acids is 5. The van der Waals surface area contributed by atoms with E-state index in [0.717, 1.165) is 12.8 Å². The van der Waals surface area contributed by atoms with Crippen LogP contribution in [0.25, 0.3) is 0 Å². The van der Waals surface area contributed by atoms with Gasteiger partial charge in [-0.2, -0.15) is 0 Å². The van der Waals surface area contributed by atoms with Crippen LogP contribution in [0.3, 0.4) is 0 Å². The first-order chi connectivity index (χ1) is 16.4. The molecule has 3 amide bonds. The van der Waals surface area contributed by atoms with Crippen molar-refractivity contribution in [1.29, 1.82) is 0 Å². The van der Waals surface area contributed by atoms with Crippen LogP contribution < -0.4 is 16.2 Å². The normalized spacial score (nSPS) is 10.0. The van der Waals surface area contributed by atoms with Crippen molar-refractivity contribution in [2.75, 3.05) is 18.5 Å². The average Bonchev–Trinajstić information content (AvgIpc) is 2.85.